The third-order valence-corrected chi connectivity index (χ3v) is 5.59. The van der Waals surface area contributed by atoms with E-state index in [2.05, 4.69) is 23.8 Å². The van der Waals surface area contributed by atoms with Gasteiger partial charge in [0.15, 0.2) is 0 Å². The van der Waals surface area contributed by atoms with Crippen LogP contribution in [0.5, 0.6) is 0 Å². The zero-order valence-corrected chi connectivity index (χ0v) is 15.8. The van der Waals surface area contributed by atoms with Gasteiger partial charge in [-0.25, -0.2) is 0 Å². The highest BCUT2D eigenvalue weighted by atomic mass is 16.3. The molecule has 3 rings (SSSR count). The van der Waals surface area contributed by atoms with E-state index in [0.29, 0.717) is 24.1 Å². The average molecular weight is 348 g/mol. The van der Waals surface area contributed by atoms with Crippen LogP contribution in [0.2, 0.25) is 0 Å². The van der Waals surface area contributed by atoms with Gasteiger partial charge in [-0.3, -0.25) is 9.48 Å². The van der Waals surface area contributed by atoms with E-state index in [1.54, 1.807) is 4.68 Å². The van der Waals surface area contributed by atoms with Crippen molar-refractivity contribution >= 4 is 5.91 Å². The molecule has 2 aliphatic rings. The van der Waals surface area contributed by atoms with E-state index in [1.165, 1.54) is 25.9 Å². The van der Waals surface area contributed by atoms with Crippen LogP contribution in [0, 0.1) is 11.8 Å². The van der Waals surface area contributed by atoms with Gasteiger partial charge in [-0.15, -0.1) is 0 Å². The van der Waals surface area contributed by atoms with Crippen molar-refractivity contribution in [3.8, 4) is 0 Å². The molecule has 0 bridgehead atoms. The maximum Gasteiger partial charge on any atom is 0.272 e. The molecule has 140 valence electrons. The van der Waals surface area contributed by atoms with Crippen molar-refractivity contribution < 1.29 is 9.90 Å². The van der Waals surface area contributed by atoms with Crippen molar-refractivity contribution in [3.63, 3.8) is 0 Å². The molecule has 2 aliphatic heterocycles. The number of rotatable bonds is 5. The molecule has 25 heavy (non-hydrogen) atoms. The maximum atomic E-state index is 13.1. The van der Waals surface area contributed by atoms with Crippen molar-refractivity contribution in [1.29, 1.82) is 0 Å². The Labute approximate surface area is 150 Å². The second-order valence-electron chi connectivity index (χ2n) is 8.10. The summed E-state index contributed by atoms with van der Waals surface area (Å²) in [4.78, 5) is 17.5. The van der Waals surface area contributed by atoms with Gasteiger partial charge in [0.05, 0.1) is 5.69 Å². The molecule has 0 aliphatic carbocycles. The molecule has 1 aromatic heterocycles. The Bertz CT molecular complexity index is 592. The first-order valence-electron chi connectivity index (χ1n) is 9.64. The second-order valence-corrected chi connectivity index (χ2v) is 8.10. The molecule has 3 heterocycles. The van der Waals surface area contributed by atoms with Crippen molar-refractivity contribution in [2.24, 2.45) is 18.9 Å². The third kappa shape index (κ3) is 4.23. The molecule has 2 fully saturated rings. The van der Waals surface area contributed by atoms with Crippen LogP contribution in [0.1, 0.15) is 55.2 Å². The Morgan fingerprint density at radius 1 is 1.28 bits per heavy atom. The maximum absolute atomic E-state index is 13.1. The topological polar surface area (TPSA) is 61.6 Å². The van der Waals surface area contributed by atoms with Gasteiger partial charge in [-0.05, 0) is 56.2 Å². The number of hydrogen-bond donors (Lipinski definition) is 1. The van der Waals surface area contributed by atoms with Gasteiger partial charge in [0.25, 0.3) is 5.91 Å². The predicted octanol–water partition coefficient (Wildman–Crippen LogP) is 1.71. The van der Waals surface area contributed by atoms with E-state index in [4.69, 9.17) is 0 Å². The fourth-order valence-electron chi connectivity index (χ4n) is 4.21. The molecule has 6 heteroatoms. The first-order chi connectivity index (χ1) is 12.0. The standard InChI is InChI=1S/C19H32N4O2/c1-14(2)17-9-18(21(3)20-17)19(25)23-11-15(8-16(12-23)13-24)10-22-6-4-5-7-22/h9,14-16,24H,4-8,10-13H2,1-3H3/t15-,16+/m0/s1. The molecule has 1 N–H and O–H groups in total. The molecule has 1 aromatic rings. The fourth-order valence-corrected chi connectivity index (χ4v) is 4.21. The van der Waals surface area contributed by atoms with Crippen molar-refractivity contribution in [2.45, 2.75) is 39.0 Å². The summed E-state index contributed by atoms with van der Waals surface area (Å²) >= 11 is 0. The molecule has 0 aromatic carbocycles. The summed E-state index contributed by atoms with van der Waals surface area (Å²) in [5.41, 5.74) is 1.61. The Balaban J connectivity index is 1.71. The predicted molar refractivity (Wildman–Crippen MR) is 97.6 cm³/mol. The lowest BCUT2D eigenvalue weighted by molar-refractivity contribution is 0.0456. The number of aryl methyl sites for hydroxylation is 1. The minimum absolute atomic E-state index is 0.0477. The minimum atomic E-state index is 0.0477. The zero-order valence-electron chi connectivity index (χ0n) is 15.8. The van der Waals surface area contributed by atoms with Crippen LogP contribution < -0.4 is 0 Å². The molecule has 2 atom stereocenters. The van der Waals surface area contributed by atoms with E-state index in [0.717, 1.165) is 25.2 Å². The fraction of sp³-hybridized carbons (Fsp3) is 0.789. The number of aliphatic hydroxyl groups excluding tert-OH is 1. The Hall–Kier alpha value is -1.40. The lowest BCUT2D eigenvalue weighted by atomic mass is 9.89. The highest BCUT2D eigenvalue weighted by molar-refractivity contribution is 5.92. The Kier molecular flexibility index (Phi) is 5.79. The molecular weight excluding hydrogens is 316 g/mol. The van der Waals surface area contributed by atoms with Crippen LogP contribution in [0.25, 0.3) is 0 Å². The van der Waals surface area contributed by atoms with Crippen LogP contribution in [0.15, 0.2) is 6.07 Å². The molecule has 2 saturated heterocycles. The normalized spacial score (nSPS) is 25.1. The van der Waals surface area contributed by atoms with Gasteiger partial charge in [0.2, 0.25) is 0 Å². The summed E-state index contributed by atoms with van der Waals surface area (Å²) in [7, 11) is 1.84. The second kappa shape index (κ2) is 7.87. The van der Waals surface area contributed by atoms with Crippen LogP contribution in [0.3, 0.4) is 0 Å². The highest BCUT2D eigenvalue weighted by Crippen LogP contribution is 2.26. The number of aliphatic hydroxyl groups is 1. The van der Waals surface area contributed by atoms with Crippen LogP contribution in [-0.4, -0.2) is 69.9 Å². The van der Waals surface area contributed by atoms with Gasteiger partial charge in [0, 0.05) is 33.3 Å². The average Bonchev–Trinajstić information content (AvgIpc) is 3.23. The number of carbonyl (C=O) groups is 1. The largest absolute Gasteiger partial charge is 0.396 e. The molecule has 1 amide bonds. The van der Waals surface area contributed by atoms with Gasteiger partial charge in [-0.1, -0.05) is 13.8 Å². The summed E-state index contributed by atoms with van der Waals surface area (Å²) in [5, 5.41) is 14.2. The number of likely N-dealkylation sites (tertiary alicyclic amines) is 2. The van der Waals surface area contributed by atoms with Crippen molar-refractivity contribution in [3.05, 3.63) is 17.5 Å². The molecule has 0 unspecified atom stereocenters. The van der Waals surface area contributed by atoms with E-state index >= 15 is 0 Å². The summed E-state index contributed by atoms with van der Waals surface area (Å²) in [6.07, 6.45) is 3.58. The number of piperidine rings is 1. The number of hydrogen-bond acceptors (Lipinski definition) is 4. The number of amides is 1. The lowest BCUT2D eigenvalue weighted by Gasteiger charge is -2.38. The van der Waals surface area contributed by atoms with Crippen molar-refractivity contribution in [1.82, 2.24) is 19.6 Å². The molecule has 0 saturated carbocycles. The molecule has 6 nitrogen and oxygen atoms in total. The summed E-state index contributed by atoms with van der Waals surface area (Å²) in [6, 6.07) is 1.92. The Morgan fingerprint density at radius 3 is 2.56 bits per heavy atom. The number of nitrogens with zero attached hydrogens (tertiary/aromatic N) is 4. The highest BCUT2D eigenvalue weighted by Gasteiger charge is 2.32. The Morgan fingerprint density at radius 2 is 1.96 bits per heavy atom. The summed E-state index contributed by atoms with van der Waals surface area (Å²) < 4.78 is 1.70. The molecular formula is C19H32N4O2. The van der Waals surface area contributed by atoms with Crippen LogP contribution >= 0.6 is 0 Å². The quantitative estimate of drug-likeness (QED) is 0.880. The number of aromatic nitrogens is 2. The first kappa shape index (κ1) is 18.4. The monoisotopic (exact) mass is 348 g/mol. The number of carbonyl (C=O) groups excluding carboxylic acids is 1. The summed E-state index contributed by atoms with van der Waals surface area (Å²) in [6.45, 7) is 9.16. The van der Waals surface area contributed by atoms with E-state index < -0.39 is 0 Å². The molecule has 0 radical (unpaired) electrons. The first-order valence-corrected chi connectivity index (χ1v) is 9.64. The van der Waals surface area contributed by atoms with Crippen LogP contribution in [-0.2, 0) is 7.05 Å². The van der Waals surface area contributed by atoms with Gasteiger partial charge < -0.3 is 14.9 Å². The van der Waals surface area contributed by atoms with Gasteiger partial charge >= 0.3 is 0 Å². The van der Waals surface area contributed by atoms with E-state index in [9.17, 15) is 9.90 Å². The minimum Gasteiger partial charge on any atom is -0.396 e. The SMILES string of the molecule is CC(C)c1cc(C(=O)N2C[C@H](CO)C[C@@H](CN3CCCC3)C2)n(C)n1. The van der Waals surface area contributed by atoms with E-state index in [1.807, 2.05) is 18.0 Å². The van der Waals surface area contributed by atoms with Crippen LogP contribution in [0.4, 0.5) is 0 Å². The van der Waals surface area contributed by atoms with Gasteiger partial charge in [-0.2, -0.15) is 5.10 Å². The van der Waals surface area contributed by atoms with E-state index in [-0.39, 0.29) is 18.4 Å². The van der Waals surface area contributed by atoms with Gasteiger partial charge in [0.1, 0.15) is 5.69 Å². The lowest BCUT2D eigenvalue weighted by Crippen LogP contribution is -2.48. The summed E-state index contributed by atoms with van der Waals surface area (Å²) in [5.74, 6) is 0.988. The van der Waals surface area contributed by atoms with Crippen molar-refractivity contribution in [2.75, 3.05) is 39.3 Å². The zero-order chi connectivity index (χ0) is 18.0. The third-order valence-electron chi connectivity index (χ3n) is 5.59. The molecule has 0 spiro atoms. The smallest absolute Gasteiger partial charge is 0.272 e.